The lowest BCUT2D eigenvalue weighted by molar-refractivity contribution is -0.104. The van der Waals surface area contributed by atoms with Crippen molar-refractivity contribution in [3.63, 3.8) is 0 Å². The van der Waals surface area contributed by atoms with Gasteiger partial charge in [0.2, 0.25) is 0 Å². The highest BCUT2D eigenvalue weighted by atomic mass is 16.1. The molecule has 1 aliphatic heterocycles. The zero-order valence-corrected chi connectivity index (χ0v) is 6.29. The summed E-state index contributed by atoms with van der Waals surface area (Å²) in [6, 6.07) is 0. The first-order chi connectivity index (χ1) is 4.83. The molecule has 0 saturated carbocycles. The minimum atomic E-state index is 0.607. The molecule has 0 N–H and O–H groups in total. The summed E-state index contributed by atoms with van der Waals surface area (Å²) in [6.45, 7) is 2.26. The number of aldehydes is 1. The van der Waals surface area contributed by atoms with Crippen LogP contribution in [-0.2, 0) is 4.79 Å². The van der Waals surface area contributed by atoms with Crippen LogP contribution in [0.15, 0.2) is 12.2 Å². The molecule has 0 aromatic rings. The Morgan fingerprint density at radius 3 is 2.90 bits per heavy atom. The molecule has 2 heteroatoms. The Balaban J connectivity index is 2.30. The van der Waals surface area contributed by atoms with Gasteiger partial charge < -0.3 is 4.90 Å². The van der Waals surface area contributed by atoms with Crippen LogP contribution in [0.25, 0.3) is 0 Å². The Hall–Kier alpha value is -0.630. The Kier molecular flexibility index (Phi) is 2.63. The molecule has 1 aliphatic rings. The molecule has 1 saturated heterocycles. The molecule has 2 nitrogen and oxygen atoms in total. The molecule has 1 rings (SSSR count). The van der Waals surface area contributed by atoms with Crippen molar-refractivity contribution in [1.29, 1.82) is 0 Å². The van der Waals surface area contributed by atoms with Gasteiger partial charge in [-0.15, -0.1) is 0 Å². The van der Waals surface area contributed by atoms with E-state index in [4.69, 9.17) is 0 Å². The maximum Gasteiger partial charge on any atom is 0.142 e. The Morgan fingerprint density at radius 1 is 1.60 bits per heavy atom. The Labute approximate surface area is 61.5 Å². The van der Waals surface area contributed by atoms with Crippen LogP contribution in [0, 0.1) is 5.92 Å². The summed E-state index contributed by atoms with van der Waals surface area (Å²) < 4.78 is 0. The van der Waals surface area contributed by atoms with Crippen LogP contribution in [-0.4, -0.2) is 31.3 Å². The smallest absolute Gasteiger partial charge is 0.142 e. The summed E-state index contributed by atoms with van der Waals surface area (Å²) >= 11 is 0. The number of rotatable bonds is 2. The maximum absolute atomic E-state index is 9.94. The van der Waals surface area contributed by atoms with Crippen LogP contribution in [0.3, 0.4) is 0 Å². The van der Waals surface area contributed by atoms with E-state index in [-0.39, 0.29) is 0 Å². The van der Waals surface area contributed by atoms with Gasteiger partial charge in [-0.05, 0) is 32.0 Å². The van der Waals surface area contributed by atoms with Crippen molar-refractivity contribution in [2.45, 2.75) is 6.42 Å². The summed E-state index contributed by atoms with van der Waals surface area (Å²) in [4.78, 5) is 12.2. The number of hydrogen-bond donors (Lipinski definition) is 0. The van der Waals surface area contributed by atoms with Crippen LogP contribution in [0.1, 0.15) is 6.42 Å². The molecule has 10 heavy (non-hydrogen) atoms. The van der Waals surface area contributed by atoms with Crippen molar-refractivity contribution in [1.82, 2.24) is 4.90 Å². The van der Waals surface area contributed by atoms with Gasteiger partial charge >= 0.3 is 0 Å². The molecular weight excluding hydrogens is 126 g/mol. The molecule has 0 aromatic carbocycles. The second-order valence-corrected chi connectivity index (χ2v) is 2.83. The average molecular weight is 139 g/mol. The maximum atomic E-state index is 9.94. The van der Waals surface area contributed by atoms with E-state index < -0.39 is 0 Å². The van der Waals surface area contributed by atoms with Crippen molar-refractivity contribution < 1.29 is 4.79 Å². The standard InChI is InChI=1S/C8H13NO/c1-9-5-4-8(7-9)3-2-6-10/h2-3,6,8H,4-5,7H2,1H3/b3-2+. The fourth-order valence-corrected chi connectivity index (χ4v) is 1.33. The van der Waals surface area contributed by atoms with E-state index in [9.17, 15) is 4.79 Å². The van der Waals surface area contributed by atoms with Crippen molar-refractivity contribution in [2.75, 3.05) is 20.1 Å². The lowest BCUT2D eigenvalue weighted by Crippen LogP contribution is -2.13. The highest BCUT2D eigenvalue weighted by Gasteiger charge is 2.15. The van der Waals surface area contributed by atoms with E-state index in [0.717, 1.165) is 19.4 Å². The van der Waals surface area contributed by atoms with E-state index >= 15 is 0 Å². The minimum Gasteiger partial charge on any atom is -0.306 e. The quantitative estimate of drug-likeness (QED) is 0.414. The normalized spacial score (nSPS) is 27.9. The SMILES string of the molecule is CN1CCC(/C=C/C=O)C1. The first-order valence-electron chi connectivity index (χ1n) is 3.63. The number of likely N-dealkylation sites (tertiary alicyclic amines) is 1. The second kappa shape index (κ2) is 3.52. The van der Waals surface area contributed by atoms with Gasteiger partial charge in [0.15, 0.2) is 0 Å². The van der Waals surface area contributed by atoms with Gasteiger partial charge in [0.1, 0.15) is 6.29 Å². The molecule has 1 fully saturated rings. The van der Waals surface area contributed by atoms with Crippen LogP contribution in [0.4, 0.5) is 0 Å². The Bertz CT molecular complexity index is 142. The molecule has 1 unspecified atom stereocenters. The molecule has 0 amide bonds. The van der Waals surface area contributed by atoms with Crippen molar-refractivity contribution >= 4 is 6.29 Å². The first kappa shape index (κ1) is 7.48. The molecule has 56 valence electrons. The summed E-state index contributed by atoms with van der Waals surface area (Å²) in [5, 5.41) is 0. The largest absolute Gasteiger partial charge is 0.306 e. The van der Waals surface area contributed by atoms with E-state index in [1.165, 1.54) is 6.42 Å². The second-order valence-electron chi connectivity index (χ2n) is 2.83. The molecule has 1 atom stereocenters. The number of carbonyl (C=O) groups is 1. The highest BCUT2D eigenvalue weighted by Crippen LogP contribution is 2.14. The molecule has 0 radical (unpaired) electrons. The average Bonchev–Trinajstić information content (AvgIpc) is 2.31. The topological polar surface area (TPSA) is 20.3 Å². The molecule has 0 bridgehead atoms. The third kappa shape index (κ3) is 1.95. The molecule has 1 heterocycles. The van der Waals surface area contributed by atoms with Gasteiger partial charge in [0, 0.05) is 6.54 Å². The van der Waals surface area contributed by atoms with Gasteiger partial charge in [0.05, 0.1) is 0 Å². The van der Waals surface area contributed by atoms with Crippen molar-refractivity contribution in [3.05, 3.63) is 12.2 Å². The van der Waals surface area contributed by atoms with Crippen LogP contribution < -0.4 is 0 Å². The number of nitrogens with zero attached hydrogens (tertiary/aromatic N) is 1. The monoisotopic (exact) mass is 139 g/mol. The zero-order valence-electron chi connectivity index (χ0n) is 6.29. The van der Waals surface area contributed by atoms with Crippen LogP contribution in [0.2, 0.25) is 0 Å². The van der Waals surface area contributed by atoms with Gasteiger partial charge in [-0.2, -0.15) is 0 Å². The van der Waals surface area contributed by atoms with Gasteiger partial charge in [-0.3, -0.25) is 4.79 Å². The fourth-order valence-electron chi connectivity index (χ4n) is 1.33. The van der Waals surface area contributed by atoms with Gasteiger partial charge in [-0.25, -0.2) is 0 Å². The minimum absolute atomic E-state index is 0.607. The van der Waals surface area contributed by atoms with Crippen molar-refractivity contribution in [2.24, 2.45) is 5.92 Å². The lowest BCUT2D eigenvalue weighted by Gasteiger charge is -2.04. The molecule has 0 spiro atoms. The van der Waals surface area contributed by atoms with E-state index in [1.807, 2.05) is 6.08 Å². The van der Waals surface area contributed by atoms with Gasteiger partial charge in [-0.1, -0.05) is 6.08 Å². The van der Waals surface area contributed by atoms with E-state index in [1.54, 1.807) is 6.08 Å². The summed E-state index contributed by atoms with van der Waals surface area (Å²) in [7, 11) is 2.11. The predicted molar refractivity (Wildman–Crippen MR) is 40.8 cm³/mol. The molecule has 0 aromatic heterocycles. The predicted octanol–water partition coefficient (Wildman–Crippen LogP) is 0.693. The number of carbonyl (C=O) groups excluding carboxylic acids is 1. The first-order valence-corrected chi connectivity index (χ1v) is 3.63. The fraction of sp³-hybridized carbons (Fsp3) is 0.625. The van der Waals surface area contributed by atoms with Crippen LogP contribution >= 0.6 is 0 Å². The number of hydrogen-bond acceptors (Lipinski definition) is 2. The highest BCUT2D eigenvalue weighted by molar-refractivity contribution is 5.64. The van der Waals surface area contributed by atoms with Crippen LogP contribution in [0.5, 0.6) is 0 Å². The van der Waals surface area contributed by atoms with Gasteiger partial charge in [0.25, 0.3) is 0 Å². The zero-order chi connectivity index (χ0) is 7.40. The summed E-state index contributed by atoms with van der Waals surface area (Å²) in [5.41, 5.74) is 0. The Morgan fingerprint density at radius 2 is 2.40 bits per heavy atom. The van der Waals surface area contributed by atoms with E-state index in [0.29, 0.717) is 5.92 Å². The third-order valence-electron chi connectivity index (χ3n) is 1.89. The summed E-state index contributed by atoms with van der Waals surface area (Å²) in [6.07, 6.45) is 5.64. The van der Waals surface area contributed by atoms with Crippen molar-refractivity contribution in [3.8, 4) is 0 Å². The molecule has 0 aliphatic carbocycles. The summed E-state index contributed by atoms with van der Waals surface area (Å²) in [5.74, 6) is 0.607. The van der Waals surface area contributed by atoms with E-state index in [2.05, 4.69) is 11.9 Å². The number of allylic oxidation sites excluding steroid dienone is 1. The third-order valence-corrected chi connectivity index (χ3v) is 1.89. The molecular formula is C8H13NO. The lowest BCUT2D eigenvalue weighted by atomic mass is 10.1.